The van der Waals surface area contributed by atoms with Crippen molar-refractivity contribution in [1.82, 2.24) is 0 Å². The second kappa shape index (κ2) is 5.02. The Bertz CT molecular complexity index is 283. The third kappa shape index (κ3) is 2.99. The highest BCUT2D eigenvalue weighted by molar-refractivity contribution is 9.10. The Kier molecular flexibility index (Phi) is 4.27. The highest BCUT2D eigenvalue weighted by atomic mass is 79.9. The smallest absolute Gasteiger partial charge is 0.0229 e. The fourth-order valence-electron chi connectivity index (χ4n) is 1.25. The first kappa shape index (κ1) is 11.1. The van der Waals surface area contributed by atoms with E-state index in [1.165, 1.54) is 15.6 Å². The second-order valence-corrected chi connectivity index (χ2v) is 4.62. The molecule has 0 radical (unpaired) electrons. The summed E-state index contributed by atoms with van der Waals surface area (Å²) in [6, 6.07) is 6.51. The molecule has 0 N–H and O–H groups in total. The van der Waals surface area contributed by atoms with Gasteiger partial charge in [-0.2, -0.15) is 0 Å². The van der Waals surface area contributed by atoms with Gasteiger partial charge in [-0.1, -0.05) is 35.0 Å². The van der Waals surface area contributed by atoms with Gasteiger partial charge in [0.25, 0.3) is 0 Å². The second-order valence-electron chi connectivity index (χ2n) is 3.39. The molecule has 0 bridgehead atoms. The van der Waals surface area contributed by atoms with Crippen LogP contribution in [0.3, 0.4) is 0 Å². The summed E-state index contributed by atoms with van der Waals surface area (Å²) in [5.41, 5.74) is 2.64. The molecule has 2 heteroatoms. The number of benzene rings is 1. The molecule has 1 atom stereocenters. The Morgan fingerprint density at radius 2 is 2.15 bits per heavy atom. The molecular formula is C11H14BrCl. The van der Waals surface area contributed by atoms with Crippen LogP contribution in [-0.4, -0.2) is 5.88 Å². The third-order valence-electron chi connectivity index (χ3n) is 2.31. The number of alkyl halides is 1. The van der Waals surface area contributed by atoms with Gasteiger partial charge in [0, 0.05) is 10.4 Å². The average Bonchev–Trinajstić information content (AvgIpc) is 2.10. The van der Waals surface area contributed by atoms with Crippen LogP contribution >= 0.6 is 27.5 Å². The first-order valence-corrected chi connectivity index (χ1v) is 5.80. The Hall–Kier alpha value is -0.0100. The van der Waals surface area contributed by atoms with E-state index in [9.17, 15) is 0 Å². The molecule has 0 saturated heterocycles. The van der Waals surface area contributed by atoms with Gasteiger partial charge >= 0.3 is 0 Å². The third-order valence-corrected chi connectivity index (χ3v) is 3.38. The maximum atomic E-state index is 5.71. The molecule has 0 aromatic heterocycles. The van der Waals surface area contributed by atoms with Crippen LogP contribution in [0, 0.1) is 6.92 Å². The van der Waals surface area contributed by atoms with Crippen molar-refractivity contribution < 1.29 is 0 Å². The Morgan fingerprint density at radius 3 is 2.69 bits per heavy atom. The Morgan fingerprint density at radius 1 is 1.46 bits per heavy atom. The summed E-state index contributed by atoms with van der Waals surface area (Å²) < 4.78 is 1.19. The lowest BCUT2D eigenvalue weighted by atomic mass is 9.98. The van der Waals surface area contributed by atoms with Gasteiger partial charge in [0.15, 0.2) is 0 Å². The molecule has 1 rings (SSSR count). The molecule has 72 valence electrons. The fraction of sp³-hybridized carbons (Fsp3) is 0.455. The molecular weight excluding hydrogens is 247 g/mol. The molecule has 13 heavy (non-hydrogen) atoms. The van der Waals surface area contributed by atoms with Crippen LogP contribution in [0.2, 0.25) is 0 Å². The number of hydrogen-bond acceptors (Lipinski definition) is 0. The van der Waals surface area contributed by atoms with Crippen molar-refractivity contribution in [3.63, 3.8) is 0 Å². The highest BCUT2D eigenvalue weighted by Crippen LogP contribution is 2.25. The van der Waals surface area contributed by atoms with E-state index < -0.39 is 0 Å². The summed E-state index contributed by atoms with van der Waals surface area (Å²) in [7, 11) is 0. The van der Waals surface area contributed by atoms with Crippen molar-refractivity contribution in [2.75, 3.05) is 5.88 Å². The van der Waals surface area contributed by atoms with Gasteiger partial charge in [-0.3, -0.25) is 0 Å². The monoisotopic (exact) mass is 260 g/mol. The van der Waals surface area contributed by atoms with E-state index in [1.54, 1.807) is 0 Å². The summed E-state index contributed by atoms with van der Waals surface area (Å²) in [4.78, 5) is 0. The summed E-state index contributed by atoms with van der Waals surface area (Å²) in [5.74, 6) is 1.28. The topological polar surface area (TPSA) is 0 Å². The summed E-state index contributed by atoms with van der Waals surface area (Å²) in [6.07, 6.45) is 1.04. The highest BCUT2D eigenvalue weighted by Gasteiger charge is 2.05. The van der Waals surface area contributed by atoms with E-state index in [0.29, 0.717) is 5.92 Å². The minimum Gasteiger partial charge on any atom is -0.127 e. The van der Waals surface area contributed by atoms with Crippen molar-refractivity contribution in [1.29, 1.82) is 0 Å². The molecule has 1 unspecified atom stereocenters. The van der Waals surface area contributed by atoms with E-state index in [4.69, 9.17) is 11.6 Å². The number of rotatable bonds is 3. The minimum absolute atomic E-state index is 0.550. The predicted octanol–water partition coefficient (Wildman–Crippen LogP) is 4.49. The van der Waals surface area contributed by atoms with Crippen LogP contribution in [0.1, 0.15) is 30.4 Å². The lowest BCUT2D eigenvalue weighted by Gasteiger charge is -2.11. The fourth-order valence-corrected chi connectivity index (χ4v) is 1.97. The molecule has 0 spiro atoms. The maximum absolute atomic E-state index is 5.71. The van der Waals surface area contributed by atoms with E-state index >= 15 is 0 Å². The van der Waals surface area contributed by atoms with Crippen molar-refractivity contribution in [3.05, 3.63) is 33.8 Å². The van der Waals surface area contributed by atoms with Gasteiger partial charge in [0.1, 0.15) is 0 Å². The van der Waals surface area contributed by atoms with Gasteiger partial charge in [0.05, 0.1) is 0 Å². The van der Waals surface area contributed by atoms with Crippen molar-refractivity contribution in [2.24, 2.45) is 0 Å². The van der Waals surface area contributed by atoms with E-state index in [1.807, 2.05) is 0 Å². The summed E-state index contributed by atoms with van der Waals surface area (Å²) in [5, 5.41) is 0. The first-order chi connectivity index (χ1) is 6.15. The lowest BCUT2D eigenvalue weighted by molar-refractivity contribution is 0.737. The molecule has 0 fully saturated rings. The van der Waals surface area contributed by atoms with Gasteiger partial charge in [0.2, 0.25) is 0 Å². The molecule has 0 aliphatic rings. The molecule has 0 saturated carbocycles. The minimum atomic E-state index is 0.550. The lowest BCUT2D eigenvalue weighted by Crippen LogP contribution is -1.94. The zero-order valence-corrected chi connectivity index (χ0v) is 10.3. The zero-order chi connectivity index (χ0) is 9.84. The van der Waals surface area contributed by atoms with Gasteiger partial charge in [-0.15, -0.1) is 11.6 Å². The standard InChI is InChI=1S/C11H14BrCl/c1-8(5-6-13)10-4-3-9(2)11(12)7-10/h3-4,7-8H,5-6H2,1-2H3. The van der Waals surface area contributed by atoms with Crippen LogP contribution in [0.25, 0.3) is 0 Å². The number of aryl methyl sites for hydroxylation is 1. The van der Waals surface area contributed by atoms with E-state index in [-0.39, 0.29) is 0 Å². The van der Waals surface area contributed by atoms with Gasteiger partial charge in [-0.25, -0.2) is 0 Å². The zero-order valence-electron chi connectivity index (χ0n) is 7.98. The van der Waals surface area contributed by atoms with Crippen molar-refractivity contribution >= 4 is 27.5 Å². The Labute approximate surface area is 93.4 Å². The van der Waals surface area contributed by atoms with Crippen LogP contribution in [0.4, 0.5) is 0 Å². The molecule has 0 aliphatic carbocycles. The largest absolute Gasteiger partial charge is 0.127 e. The molecule has 0 nitrogen and oxygen atoms in total. The molecule has 0 amide bonds. The molecule has 1 aromatic carbocycles. The van der Waals surface area contributed by atoms with E-state index in [2.05, 4.69) is 48.0 Å². The Balaban J connectivity index is 2.84. The van der Waals surface area contributed by atoms with Crippen LogP contribution in [0.15, 0.2) is 22.7 Å². The van der Waals surface area contributed by atoms with Crippen LogP contribution in [0.5, 0.6) is 0 Å². The van der Waals surface area contributed by atoms with E-state index in [0.717, 1.165) is 12.3 Å². The maximum Gasteiger partial charge on any atom is 0.0229 e. The quantitative estimate of drug-likeness (QED) is 0.703. The summed E-state index contributed by atoms with van der Waals surface area (Å²) >= 11 is 9.24. The normalized spacial score (nSPS) is 12.9. The SMILES string of the molecule is Cc1ccc(C(C)CCCl)cc1Br. The number of hydrogen-bond donors (Lipinski definition) is 0. The average molecular weight is 262 g/mol. The summed E-state index contributed by atoms with van der Waals surface area (Å²) in [6.45, 7) is 4.31. The molecule has 1 aromatic rings. The van der Waals surface area contributed by atoms with Gasteiger partial charge < -0.3 is 0 Å². The van der Waals surface area contributed by atoms with Crippen molar-refractivity contribution in [2.45, 2.75) is 26.2 Å². The van der Waals surface area contributed by atoms with Gasteiger partial charge in [-0.05, 0) is 36.5 Å². The molecule has 0 heterocycles. The first-order valence-electron chi connectivity index (χ1n) is 4.47. The number of halogens is 2. The van der Waals surface area contributed by atoms with Crippen molar-refractivity contribution in [3.8, 4) is 0 Å². The molecule has 0 aliphatic heterocycles. The van der Waals surface area contributed by atoms with Crippen LogP contribution in [-0.2, 0) is 0 Å². The predicted molar refractivity (Wildman–Crippen MR) is 62.6 cm³/mol. The van der Waals surface area contributed by atoms with Crippen LogP contribution < -0.4 is 0 Å².